The lowest BCUT2D eigenvalue weighted by molar-refractivity contribution is -0.263. The summed E-state index contributed by atoms with van der Waals surface area (Å²) in [5, 5.41) is 7.00. The number of aliphatic hydroxyl groups excluding tert-OH is 1. The number of halogens is 2. The Labute approximate surface area is 186 Å². The third-order valence-electron chi connectivity index (χ3n) is 5.43. The molecule has 160 valence electrons. The molecule has 28 heavy (non-hydrogen) atoms. The predicted octanol–water partition coefficient (Wildman–Crippen LogP) is 3.96. The van der Waals surface area contributed by atoms with Gasteiger partial charge in [0.1, 0.15) is 16.3 Å². The minimum atomic E-state index is -0.635. The molecule has 0 spiro atoms. The lowest BCUT2D eigenvalue weighted by Gasteiger charge is -2.43. The fourth-order valence-electron chi connectivity index (χ4n) is 3.89. The Bertz CT molecular complexity index is 627. The maximum atomic E-state index is 7.00. The van der Waals surface area contributed by atoms with E-state index in [4.69, 9.17) is 35.5 Å². The van der Waals surface area contributed by atoms with Gasteiger partial charge in [0.15, 0.2) is 5.79 Å². The molecule has 1 N–H and O–H groups in total. The van der Waals surface area contributed by atoms with Crippen molar-refractivity contribution >= 4 is 40.1 Å². The van der Waals surface area contributed by atoms with Crippen LogP contribution in [0.25, 0.3) is 0 Å². The van der Waals surface area contributed by atoms with Gasteiger partial charge in [0.2, 0.25) is 0 Å². The van der Waals surface area contributed by atoms with E-state index in [0.717, 1.165) is 33.0 Å². The van der Waals surface area contributed by atoms with Gasteiger partial charge >= 0.3 is 0 Å². The monoisotopic (exact) mass is 527 g/mol. The lowest BCUT2D eigenvalue weighted by Crippen LogP contribution is -2.51. The molecule has 0 saturated carbocycles. The first-order valence-electron chi connectivity index (χ1n) is 9.46. The summed E-state index contributed by atoms with van der Waals surface area (Å²) in [6.45, 7) is 7.98. The van der Waals surface area contributed by atoms with Crippen molar-refractivity contribution in [3.8, 4) is 0 Å². The number of methoxy groups -OCH3 is 1. The number of hydrogen-bond donors (Lipinski definition) is 1. The largest absolute Gasteiger partial charge is 0.400 e. The van der Waals surface area contributed by atoms with Gasteiger partial charge in [-0.15, -0.1) is 0 Å². The first kappa shape index (κ1) is 24.1. The molecule has 4 atom stereocenters. The number of ether oxygens (including phenoxy) is 3. The van der Waals surface area contributed by atoms with Crippen molar-refractivity contribution in [3.63, 3.8) is 0 Å². The quantitative estimate of drug-likeness (QED) is 0.355. The number of piperidine rings is 1. The molecule has 0 aliphatic carbocycles. The van der Waals surface area contributed by atoms with Crippen LogP contribution in [0.3, 0.4) is 0 Å². The maximum Gasteiger partial charge on any atom is 0.171 e. The summed E-state index contributed by atoms with van der Waals surface area (Å²) >= 11 is 7.93. The molecule has 2 aliphatic rings. The van der Waals surface area contributed by atoms with E-state index in [-0.39, 0.29) is 22.4 Å². The van der Waals surface area contributed by atoms with Crippen LogP contribution in [-0.4, -0.2) is 60.6 Å². The summed E-state index contributed by atoms with van der Waals surface area (Å²) in [6, 6.07) is 6.59. The van der Waals surface area contributed by atoms with E-state index in [1.807, 2.05) is 6.92 Å². The van der Waals surface area contributed by atoms with Crippen molar-refractivity contribution < 1.29 is 23.6 Å². The van der Waals surface area contributed by atoms with Gasteiger partial charge in [-0.05, 0) is 55.0 Å². The van der Waals surface area contributed by atoms with Gasteiger partial charge < -0.3 is 24.2 Å². The van der Waals surface area contributed by atoms with Gasteiger partial charge in [0.25, 0.3) is 0 Å². The van der Waals surface area contributed by atoms with E-state index >= 15 is 0 Å². The average molecular weight is 528 g/mol. The Balaban J connectivity index is 0.00000136. The van der Waals surface area contributed by atoms with E-state index in [9.17, 15) is 0 Å². The minimum Gasteiger partial charge on any atom is -0.400 e. The van der Waals surface area contributed by atoms with Crippen molar-refractivity contribution in [1.29, 1.82) is 0 Å². The number of nitrogens with zero attached hydrogens (tertiary/aromatic N) is 1. The van der Waals surface area contributed by atoms with Gasteiger partial charge in [-0.3, -0.25) is 4.29 Å². The van der Waals surface area contributed by atoms with Crippen molar-refractivity contribution in [2.75, 3.05) is 32.2 Å². The second-order valence-corrected chi connectivity index (χ2v) is 8.63. The molecular weight excluding hydrogens is 497 g/mol. The molecule has 3 rings (SSSR count). The summed E-state index contributed by atoms with van der Waals surface area (Å²) in [5.41, 5.74) is 3.87. The molecule has 2 aliphatic heterocycles. The molecule has 0 radical (unpaired) electrons. The molecular formula is C20H31ClINO5. The van der Waals surface area contributed by atoms with Crippen LogP contribution >= 0.6 is 34.5 Å². The summed E-state index contributed by atoms with van der Waals surface area (Å²) in [7, 11) is 2.71. The molecule has 2 saturated heterocycles. The fraction of sp³-hybridized carbons (Fsp3) is 0.700. The van der Waals surface area contributed by atoms with Crippen LogP contribution in [0.2, 0.25) is 0 Å². The van der Waals surface area contributed by atoms with E-state index in [0.29, 0.717) is 0 Å². The molecule has 0 amide bonds. The van der Waals surface area contributed by atoms with E-state index in [1.54, 1.807) is 7.11 Å². The summed E-state index contributed by atoms with van der Waals surface area (Å²) < 4.78 is 23.1. The summed E-state index contributed by atoms with van der Waals surface area (Å²) in [4.78, 5) is 2.40. The molecule has 6 nitrogen and oxygen atoms in total. The SMILES string of the molecule is CO.COC1(OC2C(I)OC(C)C2OCl)CCN(c2ccc(C)cc2C)CC1. The molecule has 2 heterocycles. The van der Waals surface area contributed by atoms with Crippen LogP contribution < -0.4 is 4.90 Å². The number of anilines is 1. The first-order valence-corrected chi connectivity index (χ1v) is 11.0. The van der Waals surface area contributed by atoms with E-state index in [2.05, 4.69) is 59.5 Å². The second-order valence-electron chi connectivity index (χ2n) is 7.22. The fourth-order valence-corrected chi connectivity index (χ4v) is 5.15. The Morgan fingerprint density at radius 3 is 2.39 bits per heavy atom. The van der Waals surface area contributed by atoms with Crippen LogP contribution in [0.1, 0.15) is 30.9 Å². The normalized spacial score (nSPS) is 29.4. The molecule has 4 unspecified atom stereocenters. The van der Waals surface area contributed by atoms with Crippen LogP contribution in [-0.2, 0) is 18.5 Å². The van der Waals surface area contributed by atoms with Crippen molar-refractivity contribution in [2.45, 2.75) is 61.8 Å². The van der Waals surface area contributed by atoms with Crippen LogP contribution in [0.4, 0.5) is 5.69 Å². The number of alkyl halides is 1. The zero-order valence-electron chi connectivity index (χ0n) is 17.2. The van der Waals surface area contributed by atoms with E-state index < -0.39 is 5.79 Å². The van der Waals surface area contributed by atoms with Crippen molar-refractivity contribution in [3.05, 3.63) is 29.3 Å². The third-order valence-corrected chi connectivity index (χ3v) is 6.64. The zero-order valence-corrected chi connectivity index (χ0v) is 20.1. The lowest BCUT2D eigenvalue weighted by atomic mass is 10.00. The third kappa shape index (κ3) is 5.30. The molecule has 0 aromatic heterocycles. The molecule has 1 aromatic carbocycles. The number of rotatable bonds is 5. The van der Waals surface area contributed by atoms with Gasteiger partial charge in [-0.1, -0.05) is 17.7 Å². The Kier molecular flexibility index (Phi) is 9.25. The number of aliphatic hydroxyl groups is 1. The number of benzene rings is 1. The van der Waals surface area contributed by atoms with Gasteiger partial charge in [-0.25, -0.2) is 0 Å². The molecule has 8 heteroatoms. The van der Waals surface area contributed by atoms with Crippen LogP contribution in [0, 0.1) is 13.8 Å². The summed E-state index contributed by atoms with van der Waals surface area (Å²) in [6.07, 6.45) is 0.891. The van der Waals surface area contributed by atoms with Gasteiger partial charge in [0.05, 0.1) is 18.0 Å². The van der Waals surface area contributed by atoms with E-state index in [1.165, 1.54) is 16.8 Å². The van der Waals surface area contributed by atoms with Crippen LogP contribution in [0.5, 0.6) is 0 Å². The second kappa shape index (κ2) is 10.7. The number of hydrogen-bond acceptors (Lipinski definition) is 6. The Hall–Kier alpha value is -0.160. The zero-order chi connectivity index (χ0) is 20.9. The highest BCUT2D eigenvalue weighted by molar-refractivity contribution is 14.1. The average Bonchev–Trinajstić information content (AvgIpc) is 2.96. The first-order chi connectivity index (χ1) is 13.4. The smallest absolute Gasteiger partial charge is 0.171 e. The highest BCUT2D eigenvalue weighted by Gasteiger charge is 2.48. The summed E-state index contributed by atoms with van der Waals surface area (Å²) in [5.74, 6) is -0.635. The molecule has 2 fully saturated rings. The topological polar surface area (TPSA) is 60.4 Å². The predicted molar refractivity (Wildman–Crippen MR) is 119 cm³/mol. The molecule has 0 bridgehead atoms. The Morgan fingerprint density at radius 1 is 1.21 bits per heavy atom. The molecule has 1 aromatic rings. The van der Waals surface area contributed by atoms with Crippen molar-refractivity contribution in [1.82, 2.24) is 0 Å². The minimum absolute atomic E-state index is 0.108. The van der Waals surface area contributed by atoms with Crippen molar-refractivity contribution in [2.24, 2.45) is 0 Å². The van der Waals surface area contributed by atoms with Crippen LogP contribution in [0.15, 0.2) is 18.2 Å². The Morgan fingerprint density at radius 2 is 1.86 bits per heavy atom. The highest BCUT2D eigenvalue weighted by atomic mass is 127. The maximum absolute atomic E-state index is 7.00. The number of aryl methyl sites for hydroxylation is 2. The van der Waals surface area contributed by atoms with Gasteiger partial charge in [0, 0.05) is 45.8 Å². The highest BCUT2D eigenvalue weighted by Crippen LogP contribution is 2.38. The standard InChI is InChI=1S/C19H27ClINO4.CH4O/c1-12-5-6-15(13(2)11-12)22-9-7-19(23-4,8-10-22)25-17-16(26-20)14(3)24-18(17)21;1-2/h5-6,11,14,16-18H,7-10H2,1-4H3;2H,1H3. The van der Waals surface area contributed by atoms with Gasteiger partial charge in [-0.2, -0.15) is 0 Å².